The van der Waals surface area contributed by atoms with Crippen molar-refractivity contribution in [3.8, 4) is 0 Å². The molecule has 0 bridgehead atoms. The predicted molar refractivity (Wildman–Crippen MR) is 84.7 cm³/mol. The zero-order chi connectivity index (χ0) is 16.6. The number of nitrogens with zero attached hydrogens (tertiary/aromatic N) is 1. The summed E-state index contributed by atoms with van der Waals surface area (Å²) < 4.78 is 64.9. The van der Waals surface area contributed by atoms with Crippen molar-refractivity contribution in [2.75, 3.05) is 19.6 Å². The minimum Gasteiger partial charge on any atom is -0.330 e. The molecule has 1 heterocycles. The summed E-state index contributed by atoms with van der Waals surface area (Å²) in [7, 11) is -3.80. The molecule has 1 fully saturated rings. The summed E-state index contributed by atoms with van der Waals surface area (Å²) in [5.41, 5.74) is 4.20. The first kappa shape index (κ1) is 20.2. The topological polar surface area (TPSA) is 63.4 Å². The lowest BCUT2D eigenvalue weighted by atomic mass is 9.90. The molecule has 0 aliphatic carbocycles. The molecule has 0 saturated carbocycles. The van der Waals surface area contributed by atoms with Crippen molar-refractivity contribution < 1.29 is 21.6 Å². The average Bonchev–Trinajstić information content (AvgIpc) is 2.82. The van der Waals surface area contributed by atoms with Crippen LogP contribution in [0.2, 0.25) is 0 Å². The van der Waals surface area contributed by atoms with Crippen LogP contribution in [0.4, 0.5) is 13.2 Å². The molecule has 0 amide bonds. The van der Waals surface area contributed by atoms with Crippen LogP contribution in [0, 0.1) is 5.41 Å². The van der Waals surface area contributed by atoms with Gasteiger partial charge in [-0.1, -0.05) is 25.1 Å². The number of hydrogen-bond donors (Lipinski definition) is 1. The quantitative estimate of drug-likeness (QED) is 0.883. The molecule has 9 heteroatoms. The highest BCUT2D eigenvalue weighted by molar-refractivity contribution is 7.88. The summed E-state index contributed by atoms with van der Waals surface area (Å²) in [6, 6.07) is 4.77. The van der Waals surface area contributed by atoms with E-state index in [9.17, 15) is 21.6 Å². The van der Waals surface area contributed by atoms with E-state index in [1.165, 1.54) is 22.5 Å². The third-order valence-electron chi connectivity index (χ3n) is 4.07. The van der Waals surface area contributed by atoms with Crippen molar-refractivity contribution in [3.63, 3.8) is 0 Å². The van der Waals surface area contributed by atoms with Crippen molar-refractivity contribution in [2.24, 2.45) is 11.1 Å². The minimum atomic E-state index is -4.57. The molecule has 0 aromatic heterocycles. The van der Waals surface area contributed by atoms with E-state index in [0.29, 0.717) is 19.5 Å². The summed E-state index contributed by atoms with van der Waals surface area (Å²) in [6.45, 7) is 2.77. The van der Waals surface area contributed by atoms with Crippen LogP contribution in [-0.4, -0.2) is 32.4 Å². The van der Waals surface area contributed by atoms with E-state index in [2.05, 4.69) is 0 Å². The molecule has 0 spiro atoms. The molecular formula is C14H20ClF3N2O2S. The monoisotopic (exact) mass is 372 g/mol. The smallest absolute Gasteiger partial charge is 0.330 e. The Kier molecular flexibility index (Phi) is 6.12. The average molecular weight is 373 g/mol. The van der Waals surface area contributed by atoms with E-state index < -0.39 is 27.5 Å². The van der Waals surface area contributed by atoms with E-state index in [4.69, 9.17) is 5.73 Å². The van der Waals surface area contributed by atoms with Crippen LogP contribution in [0.3, 0.4) is 0 Å². The first-order valence-corrected chi connectivity index (χ1v) is 8.51. The molecule has 1 atom stereocenters. The maximum atomic E-state index is 13.0. The molecule has 1 saturated heterocycles. The lowest BCUT2D eigenvalue weighted by Crippen LogP contribution is -2.35. The van der Waals surface area contributed by atoms with Gasteiger partial charge in [0.15, 0.2) is 0 Å². The molecule has 23 heavy (non-hydrogen) atoms. The minimum absolute atomic E-state index is 0. The van der Waals surface area contributed by atoms with Crippen molar-refractivity contribution in [3.05, 3.63) is 35.4 Å². The summed E-state index contributed by atoms with van der Waals surface area (Å²) in [4.78, 5) is 0. The van der Waals surface area contributed by atoms with Crippen molar-refractivity contribution in [1.82, 2.24) is 4.31 Å². The van der Waals surface area contributed by atoms with E-state index in [1.54, 1.807) is 0 Å². The fourth-order valence-electron chi connectivity index (χ4n) is 2.59. The van der Waals surface area contributed by atoms with Crippen molar-refractivity contribution >= 4 is 22.4 Å². The van der Waals surface area contributed by atoms with Gasteiger partial charge >= 0.3 is 6.18 Å². The van der Waals surface area contributed by atoms with E-state index in [1.807, 2.05) is 6.92 Å². The number of alkyl halides is 3. The predicted octanol–water partition coefficient (Wildman–Crippen LogP) is 2.63. The Morgan fingerprint density at radius 3 is 2.43 bits per heavy atom. The van der Waals surface area contributed by atoms with Gasteiger partial charge in [-0.15, -0.1) is 12.4 Å². The van der Waals surface area contributed by atoms with Crippen molar-refractivity contribution in [1.29, 1.82) is 0 Å². The fourth-order valence-corrected chi connectivity index (χ4v) is 4.30. The van der Waals surface area contributed by atoms with Crippen LogP contribution in [0.15, 0.2) is 24.3 Å². The van der Waals surface area contributed by atoms with Crippen LogP contribution >= 0.6 is 12.4 Å². The van der Waals surface area contributed by atoms with E-state index in [0.717, 1.165) is 6.07 Å². The lowest BCUT2D eigenvalue weighted by Gasteiger charge is -2.23. The van der Waals surface area contributed by atoms with Crippen LogP contribution in [-0.2, 0) is 22.0 Å². The molecule has 2 N–H and O–H groups in total. The zero-order valence-electron chi connectivity index (χ0n) is 12.6. The summed E-state index contributed by atoms with van der Waals surface area (Å²) in [6.07, 6.45) is -3.95. The van der Waals surface area contributed by atoms with Gasteiger partial charge in [0.25, 0.3) is 0 Å². The Morgan fingerprint density at radius 2 is 1.91 bits per heavy atom. The van der Waals surface area contributed by atoms with Gasteiger partial charge in [0, 0.05) is 13.1 Å². The Hall–Kier alpha value is -0.830. The van der Waals surface area contributed by atoms with Crippen LogP contribution in [0.25, 0.3) is 0 Å². The second-order valence-corrected chi connectivity index (χ2v) is 7.98. The molecule has 1 aromatic carbocycles. The van der Waals surface area contributed by atoms with Gasteiger partial charge in [0.1, 0.15) is 0 Å². The summed E-state index contributed by atoms with van der Waals surface area (Å²) >= 11 is 0. The second-order valence-electron chi connectivity index (χ2n) is 6.01. The molecule has 4 nitrogen and oxygen atoms in total. The van der Waals surface area contributed by atoms with E-state index in [-0.39, 0.29) is 29.9 Å². The summed E-state index contributed by atoms with van der Waals surface area (Å²) in [5.74, 6) is -0.649. The number of nitrogens with two attached hydrogens (primary N) is 1. The Bertz CT molecular complexity index is 652. The Morgan fingerprint density at radius 1 is 1.30 bits per heavy atom. The Balaban J connectivity index is 0.00000264. The number of sulfonamides is 1. The van der Waals surface area contributed by atoms with Crippen LogP contribution < -0.4 is 5.73 Å². The Labute approximate surface area is 140 Å². The van der Waals surface area contributed by atoms with Gasteiger partial charge in [-0.3, -0.25) is 0 Å². The molecule has 1 aliphatic rings. The summed E-state index contributed by atoms with van der Waals surface area (Å²) in [5, 5.41) is 0. The number of benzene rings is 1. The highest BCUT2D eigenvalue weighted by Gasteiger charge is 2.40. The lowest BCUT2D eigenvalue weighted by molar-refractivity contribution is -0.138. The maximum Gasteiger partial charge on any atom is 0.416 e. The SMILES string of the molecule is CC1(CN)CCN(S(=O)(=O)Cc2ccccc2C(F)(F)F)C1.Cl. The number of rotatable bonds is 4. The molecule has 0 radical (unpaired) electrons. The van der Waals surface area contributed by atoms with Gasteiger partial charge in [-0.05, 0) is 30.0 Å². The normalized spacial score (nSPS) is 22.8. The van der Waals surface area contributed by atoms with Crippen LogP contribution in [0.1, 0.15) is 24.5 Å². The molecule has 1 aromatic rings. The zero-order valence-corrected chi connectivity index (χ0v) is 14.3. The highest BCUT2D eigenvalue weighted by Crippen LogP contribution is 2.35. The molecular weight excluding hydrogens is 353 g/mol. The largest absolute Gasteiger partial charge is 0.416 e. The van der Waals surface area contributed by atoms with Gasteiger partial charge in [-0.2, -0.15) is 13.2 Å². The maximum absolute atomic E-state index is 13.0. The third kappa shape index (κ3) is 4.59. The standard InChI is InChI=1S/C14H19F3N2O2S.ClH/c1-13(9-18)6-7-19(10-13)22(20,21)8-11-4-2-3-5-12(11)14(15,16)17;/h2-5H,6-10,18H2,1H3;1H. The molecule has 1 unspecified atom stereocenters. The van der Waals surface area contributed by atoms with Crippen molar-refractivity contribution in [2.45, 2.75) is 25.3 Å². The highest BCUT2D eigenvalue weighted by atomic mass is 35.5. The number of hydrogen-bond acceptors (Lipinski definition) is 3. The van der Waals surface area contributed by atoms with Gasteiger partial charge in [-0.25, -0.2) is 12.7 Å². The third-order valence-corrected chi connectivity index (χ3v) is 5.84. The van der Waals surface area contributed by atoms with Gasteiger partial charge in [0.05, 0.1) is 11.3 Å². The first-order valence-electron chi connectivity index (χ1n) is 6.90. The fraction of sp³-hybridized carbons (Fsp3) is 0.571. The first-order chi connectivity index (χ1) is 10.1. The van der Waals surface area contributed by atoms with Gasteiger partial charge < -0.3 is 5.73 Å². The molecule has 2 rings (SSSR count). The van der Waals surface area contributed by atoms with Crippen LogP contribution in [0.5, 0.6) is 0 Å². The van der Waals surface area contributed by atoms with E-state index >= 15 is 0 Å². The second kappa shape index (κ2) is 6.96. The number of halogens is 4. The molecule has 132 valence electrons. The van der Waals surface area contributed by atoms with Gasteiger partial charge in [0.2, 0.25) is 10.0 Å². The molecule has 1 aliphatic heterocycles.